The number of hydrogen-bond donors (Lipinski definition) is 2. The zero-order valence-corrected chi connectivity index (χ0v) is 18.0. The quantitative estimate of drug-likeness (QED) is 0.544. The van der Waals surface area contributed by atoms with Gasteiger partial charge in [-0.1, -0.05) is 30.7 Å². The Balaban J connectivity index is 1.52. The van der Waals surface area contributed by atoms with E-state index < -0.39 is 0 Å². The molecule has 1 amide bonds. The first-order valence-electron chi connectivity index (χ1n) is 10.4. The minimum absolute atomic E-state index is 0.00822. The van der Waals surface area contributed by atoms with Crippen molar-refractivity contribution in [3.63, 3.8) is 0 Å². The summed E-state index contributed by atoms with van der Waals surface area (Å²) in [6.07, 6.45) is 4.16. The van der Waals surface area contributed by atoms with E-state index >= 15 is 0 Å². The van der Waals surface area contributed by atoms with Crippen LogP contribution in [0.25, 0.3) is 0 Å². The van der Waals surface area contributed by atoms with Gasteiger partial charge in [0.05, 0.1) is 0 Å². The molecular weight excluding hydrogens is 379 g/mol. The highest BCUT2D eigenvalue weighted by Crippen LogP contribution is 2.43. The summed E-state index contributed by atoms with van der Waals surface area (Å²) in [5.41, 5.74) is 3.03. The summed E-state index contributed by atoms with van der Waals surface area (Å²) in [4.78, 5) is 18.0. The summed E-state index contributed by atoms with van der Waals surface area (Å²) in [5.74, 6) is 0.563. The van der Waals surface area contributed by atoms with Gasteiger partial charge in [-0.2, -0.15) is 0 Å². The van der Waals surface area contributed by atoms with Crippen molar-refractivity contribution in [2.45, 2.75) is 31.1 Å². The maximum atomic E-state index is 13.3. The number of halogens is 1. The highest BCUT2D eigenvalue weighted by atomic mass is 19.1. The van der Waals surface area contributed by atoms with Crippen LogP contribution >= 0.6 is 0 Å². The fourth-order valence-corrected chi connectivity index (χ4v) is 3.89. The number of rotatable bonds is 7. The third-order valence-corrected chi connectivity index (χ3v) is 5.87. The van der Waals surface area contributed by atoms with E-state index in [1.165, 1.54) is 24.1 Å². The van der Waals surface area contributed by atoms with Crippen LogP contribution in [0.5, 0.6) is 0 Å². The SMILES string of the molecule is CN=C(NCCc1cccc(C(=O)N(C)C)c1)NCC1(c2ccc(F)cc2)CCC1. The van der Waals surface area contributed by atoms with Gasteiger partial charge in [-0.05, 0) is 54.7 Å². The van der Waals surface area contributed by atoms with Crippen LogP contribution in [-0.4, -0.2) is 51.0 Å². The topological polar surface area (TPSA) is 56.7 Å². The molecule has 0 atom stereocenters. The van der Waals surface area contributed by atoms with E-state index in [0.717, 1.165) is 37.3 Å². The van der Waals surface area contributed by atoms with Gasteiger partial charge in [0, 0.05) is 45.2 Å². The number of guanidine groups is 1. The lowest BCUT2D eigenvalue weighted by atomic mass is 9.64. The molecule has 2 aromatic rings. The second-order valence-corrected chi connectivity index (χ2v) is 8.14. The molecule has 2 aromatic carbocycles. The number of amides is 1. The van der Waals surface area contributed by atoms with Gasteiger partial charge in [0.25, 0.3) is 5.91 Å². The molecule has 0 bridgehead atoms. The molecule has 160 valence electrons. The molecule has 0 heterocycles. The van der Waals surface area contributed by atoms with Crippen LogP contribution in [-0.2, 0) is 11.8 Å². The molecule has 0 aliphatic heterocycles. The summed E-state index contributed by atoms with van der Waals surface area (Å²) in [6, 6.07) is 14.6. The molecule has 1 aliphatic carbocycles. The Labute approximate surface area is 178 Å². The lowest BCUT2D eigenvalue weighted by molar-refractivity contribution is 0.0827. The van der Waals surface area contributed by atoms with Crippen molar-refractivity contribution in [2.24, 2.45) is 4.99 Å². The van der Waals surface area contributed by atoms with E-state index in [1.807, 2.05) is 36.4 Å². The molecule has 30 heavy (non-hydrogen) atoms. The number of benzene rings is 2. The average Bonchev–Trinajstić information content (AvgIpc) is 2.72. The van der Waals surface area contributed by atoms with Gasteiger partial charge in [0.1, 0.15) is 5.82 Å². The molecule has 0 radical (unpaired) electrons. The monoisotopic (exact) mass is 410 g/mol. The summed E-state index contributed by atoms with van der Waals surface area (Å²) >= 11 is 0. The molecule has 6 heteroatoms. The zero-order valence-electron chi connectivity index (χ0n) is 18.0. The highest BCUT2D eigenvalue weighted by molar-refractivity contribution is 5.94. The summed E-state index contributed by atoms with van der Waals surface area (Å²) < 4.78 is 13.3. The smallest absolute Gasteiger partial charge is 0.253 e. The lowest BCUT2D eigenvalue weighted by Crippen LogP contribution is -2.49. The second kappa shape index (κ2) is 9.74. The average molecular weight is 411 g/mol. The van der Waals surface area contributed by atoms with Crippen molar-refractivity contribution in [2.75, 3.05) is 34.2 Å². The van der Waals surface area contributed by atoms with Crippen molar-refractivity contribution >= 4 is 11.9 Å². The van der Waals surface area contributed by atoms with Gasteiger partial charge in [0.2, 0.25) is 0 Å². The van der Waals surface area contributed by atoms with Crippen molar-refractivity contribution in [1.29, 1.82) is 0 Å². The Hall–Kier alpha value is -2.89. The van der Waals surface area contributed by atoms with Gasteiger partial charge in [0.15, 0.2) is 5.96 Å². The number of hydrogen-bond acceptors (Lipinski definition) is 2. The van der Waals surface area contributed by atoms with Gasteiger partial charge in [-0.3, -0.25) is 9.79 Å². The number of nitrogens with zero attached hydrogens (tertiary/aromatic N) is 2. The first kappa shape index (κ1) is 21.8. The van der Waals surface area contributed by atoms with E-state index in [0.29, 0.717) is 12.1 Å². The summed E-state index contributed by atoms with van der Waals surface area (Å²) in [6.45, 7) is 1.48. The van der Waals surface area contributed by atoms with E-state index in [1.54, 1.807) is 26.0 Å². The minimum Gasteiger partial charge on any atom is -0.356 e. The highest BCUT2D eigenvalue weighted by Gasteiger charge is 2.38. The van der Waals surface area contributed by atoms with Crippen LogP contribution in [0.1, 0.15) is 40.7 Å². The maximum absolute atomic E-state index is 13.3. The predicted molar refractivity (Wildman–Crippen MR) is 119 cm³/mol. The molecule has 0 aromatic heterocycles. The normalized spacial score (nSPS) is 15.3. The third-order valence-electron chi connectivity index (χ3n) is 5.87. The Kier molecular flexibility index (Phi) is 7.08. The second-order valence-electron chi connectivity index (χ2n) is 8.14. The molecule has 0 spiro atoms. The molecule has 1 aliphatic rings. The fraction of sp³-hybridized carbons (Fsp3) is 0.417. The van der Waals surface area contributed by atoms with Crippen LogP contribution in [0.4, 0.5) is 4.39 Å². The molecule has 3 rings (SSSR count). The molecule has 2 N–H and O–H groups in total. The standard InChI is InChI=1S/C24H31FN4O/c1-26-23(27-15-12-18-6-4-7-19(16-18)22(30)29(2)3)28-17-24(13-5-14-24)20-8-10-21(25)11-9-20/h4,6-11,16H,5,12-15,17H2,1-3H3,(H2,26,27,28). The maximum Gasteiger partial charge on any atom is 0.253 e. The van der Waals surface area contributed by atoms with Crippen molar-refractivity contribution < 1.29 is 9.18 Å². The summed E-state index contributed by atoms with van der Waals surface area (Å²) in [5, 5.41) is 6.79. The predicted octanol–water partition coefficient (Wildman–Crippen LogP) is 3.36. The third kappa shape index (κ3) is 5.17. The van der Waals surface area contributed by atoms with Gasteiger partial charge >= 0.3 is 0 Å². The molecule has 5 nitrogen and oxygen atoms in total. The van der Waals surface area contributed by atoms with E-state index in [2.05, 4.69) is 15.6 Å². The number of nitrogens with one attached hydrogen (secondary N) is 2. The first-order chi connectivity index (χ1) is 14.4. The zero-order chi connectivity index (χ0) is 21.6. The Bertz CT molecular complexity index is 888. The van der Waals surface area contributed by atoms with Crippen LogP contribution in [0.2, 0.25) is 0 Å². The van der Waals surface area contributed by atoms with Crippen molar-refractivity contribution in [3.05, 3.63) is 71.0 Å². The Morgan fingerprint density at radius 1 is 1.13 bits per heavy atom. The van der Waals surface area contributed by atoms with E-state index in [4.69, 9.17) is 0 Å². The van der Waals surface area contributed by atoms with Gasteiger partial charge in [-0.15, -0.1) is 0 Å². The lowest BCUT2D eigenvalue weighted by Gasteiger charge is -2.43. The number of carbonyl (C=O) groups excluding carboxylic acids is 1. The van der Waals surface area contributed by atoms with Crippen molar-refractivity contribution in [3.8, 4) is 0 Å². The minimum atomic E-state index is -0.199. The molecule has 0 saturated heterocycles. The summed E-state index contributed by atoms with van der Waals surface area (Å²) in [7, 11) is 5.27. The van der Waals surface area contributed by atoms with Crippen LogP contribution in [0.3, 0.4) is 0 Å². The largest absolute Gasteiger partial charge is 0.356 e. The number of carbonyl (C=O) groups is 1. The van der Waals surface area contributed by atoms with Crippen molar-refractivity contribution in [1.82, 2.24) is 15.5 Å². The Morgan fingerprint density at radius 3 is 2.47 bits per heavy atom. The van der Waals surface area contributed by atoms with Crippen LogP contribution in [0, 0.1) is 5.82 Å². The van der Waals surface area contributed by atoms with Gasteiger partial charge in [-0.25, -0.2) is 4.39 Å². The molecule has 1 saturated carbocycles. The van der Waals surface area contributed by atoms with Crippen LogP contribution < -0.4 is 10.6 Å². The van der Waals surface area contributed by atoms with Gasteiger partial charge < -0.3 is 15.5 Å². The van der Waals surface area contributed by atoms with E-state index in [-0.39, 0.29) is 17.1 Å². The molecular formula is C24H31FN4O. The molecule has 1 fully saturated rings. The fourth-order valence-electron chi connectivity index (χ4n) is 3.89. The first-order valence-corrected chi connectivity index (χ1v) is 10.4. The number of aliphatic imine (C=N–C) groups is 1. The molecule has 0 unspecified atom stereocenters. The van der Waals surface area contributed by atoms with Crippen LogP contribution in [0.15, 0.2) is 53.5 Å². The van der Waals surface area contributed by atoms with E-state index in [9.17, 15) is 9.18 Å². The Morgan fingerprint density at radius 2 is 1.87 bits per heavy atom.